The van der Waals surface area contributed by atoms with Crippen LogP contribution in [0.5, 0.6) is 0 Å². The predicted octanol–water partition coefficient (Wildman–Crippen LogP) is 2.74. The number of hydrogen-bond donors (Lipinski definition) is 0. The minimum Gasteiger partial charge on any atom is -0.374 e. The van der Waals surface area contributed by atoms with Crippen LogP contribution in [-0.2, 0) is 9.53 Å². The number of rotatable bonds is 1. The molecule has 18 heavy (non-hydrogen) atoms. The van der Waals surface area contributed by atoms with Crippen molar-refractivity contribution in [2.45, 2.75) is 69.9 Å². The van der Waals surface area contributed by atoms with E-state index in [2.05, 4.69) is 4.90 Å². The minimum atomic E-state index is 0.319. The zero-order chi connectivity index (χ0) is 12.4. The van der Waals surface area contributed by atoms with Crippen LogP contribution in [0.4, 0.5) is 0 Å². The summed E-state index contributed by atoms with van der Waals surface area (Å²) in [6.07, 6.45) is 11.2. The molecule has 2 atom stereocenters. The summed E-state index contributed by atoms with van der Waals surface area (Å²) in [4.78, 5) is 14.9. The van der Waals surface area contributed by atoms with Crippen LogP contribution in [-0.4, -0.2) is 36.1 Å². The lowest BCUT2D eigenvalue weighted by atomic mass is 9.85. The Morgan fingerprint density at radius 2 is 1.67 bits per heavy atom. The first-order chi connectivity index (χ1) is 8.86. The van der Waals surface area contributed by atoms with Crippen LogP contribution in [0.3, 0.4) is 0 Å². The van der Waals surface area contributed by atoms with Gasteiger partial charge in [0.15, 0.2) is 0 Å². The number of hydrogen-bond acceptors (Lipinski definition) is 2. The van der Waals surface area contributed by atoms with E-state index in [4.69, 9.17) is 4.74 Å². The average molecular weight is 251 g/mol. The Morgan fingerprint density at radius 1 is 0.944 bits per heavy atom. The van der Waals surface area contributed by atoms with Crippen molar-refractivity contribution >= 4 is 5.91 Å². The summed E-state index contributed by atoms with van der Waals surface area (Å²) in [5, 5.41) is 0. The van der Waals surface area contributed by atoms with E-state index in [1.807, 2.05) is 0 Å². The fourth-order valence-corrected chi connectivity index (χ4v) is 3.95. The van der Waals surface area contributed by atoms with Crippen molar-refractivity contribution < 1.29 is 9.53 Å². The highest BCUT2D eigenvalue weighted by molar-refractivity contribution is 5.79. The molecule has 1 saturated heterocycles. The van der Waals surface area contributed by atoms with Crippen molar-refractivity contribution in [3.63, 3.8) is 0 Å². The minimum absolute atomic E-state index is 0.319. The van der Waals surface area contributed by atoms with Crippen LogP contribution in [0.15, 0.2) is 0 Å². The second-order valence-electron chi connectivity index (χ2n) is 6.13. The van der Waals surface area contributed by atoms with Crippen LogP contribution in [0.25, 0.3) is 0 Å². The molecule has 0 aromatic heterocycles. The number of carbonyl (C=O) groups is 1. The van der Waals surface area contributed by atoms with Crippen molar-refractivity contribution in [3.05, 3.63) is 0 Å². The monoisotopic (exact) mass is 251 g/mol. The molecule has 0 aromatic carbocycles. The Kier molecular flexibility index (Phi) is 3.88. The second-order valence-corrected chi connectivity index (χ2v) is 6.13. The highest BCUT2D eigenvalue weighted by Gasteiger charge is 2.38. The van der Waals surface area contributed by atoms with E-state index in [0.717, 1.165) is 38.8 Å². The number of fused-ring (bicyclic) bond motifs is 1. The maximum absolute atomic E-state index is 12.7. The van der Waals surface area contributed by atoms with E-state index in [1.54, 1.807) is 0 Å². The fourth-order valence-electron chi connectivity index (χ4n) is 3.95. The summed E-state index contributed by atoms with van der Waals surface area (Å²) in [5.41, 5.74) is 0. The number of carbonyl (C=O) groups excluding carboxylic acids is 1. The first-order valence-electron chi connectivity index (χ1n) is 7.78. The van der Waals surface area contributed by atoms with Gasteiger partial charge < -0.3 is 9.64 Å². The Morgan fingerprint density at radius 3 is 2.50 bits per heavy atom. The van der Waals surface area contributed by atoms with Gasteiger partial charge in [0.1, 0.15) is 0 Å². The summed E-state index contributed by atoms with van der Waals surface area (Å²) in [6.45, 7) is 1.58. The summed E-state index contributed by atoms with van der Waals surface area (Å²) >= 11 is 0. The second kappa shape index (κ2) is 5.60. The molecule has 1 aliphatic heterocycles. The van der Waals surface area contributed by atoms with Crippen molar-refractivity contribution in [2.24, 2.45) is 5.92 Å². The summed E-state index contributed by atoms with van der Waals surface area (Å²) in [7, 11) is 0. The third kappa shape index (κ3) is 2.42. The first kappa shape index (κ1) is 12.5. The van der Waals surface area contributed by atoms with Gasteiger partial charge in [-0.05, 0) is 25.7 Å². The molecule has 102 valence electrons. The Labute approximate surface area is 110 Å². The highest BCUT2D eigenvalue weighted by atomic mass is 16.5. The lowest BCUT2D eigenvalue weighted by molar-refractivity contribution is -0.154. The molecule has 3 aliphatic rings. The van der Waals surface area contributed by atoms with Crippen molar-refractivity contribution in [3.8, 4) is 0 Å². The van der Waals surface area contributed by atoms with E-state index in [0.29, 0.717) is 24.0 Å². The molecular formula is C15H25NO2. The Balaban J connectivity index is 1.67. The zero-order valence-electron chi connectivity index (χ0n) is 11.3. The van der Waals surface area contributed by atoms with Crippen LogP contribution in [0, 0.1) is 5.92 Å². The number of ether oxygens (including phenoxy) is 1. The third-order valence-electron chi connectivity index (χ3n) is 4.97. The lowest BCUT2D eigenvalue weighted by Crippen LogP contribution is -2.56. The van der Waals surface area contributed by atoms with E-state index < -0.39 is 0 Å². The Bertz CT molecular complexity index is 297. The van der Waals surface area contributed by atoms with E-state index in [9.17, 15) is 4.79 Å². The molecule has 0 aromatic rings. The normalized spacial score (nSPS) is 34.1. The average Bonchev–Trinajstić information content (AvgIpc) is 2.47. The molecular weight excluding hydrogens is 226 g/mol. The van der Waals surface area contributed by atoms with Gasteiger partial charge in [-0.15, -0.1) is 0 Å². The van der Waals surface area contributed by atoms with E-state index in [1.165, 1.54) is 32.1 Å². The molecule has 2 saturated carbocycles. The molecule has 1 amide bonds. The molecule has 3 nitrogen and oxygen atoms in total. The molecule has 2 aliphatic carbocycles. The smallest absolute Gasteiger partial charge is 0.226 e. The summed E-state index contributed by atoms with van der Waals surface area (Å²) < 4.78 is 5.86. The molecule has 0 spiro atoms. The van der Waals surface area contributed by atoms with Crippen LogP contribution in [0.1, 0.15) is 57.8 Å². The Hall–Kier alpha value is -0.570. The quantitative estimate of drug-likeness (QED) is 0.717. The van der Waals surface area contributed by atoms with Gasteiger partial charge in [-0.25, -0.2) is 0 Å². The van der Waals surface area contributed by atoms with Gasteiger partial charge in [0, 0.05) is 12.5 Å². The number of nitrogens with zero attached hydrogens (tertiary/aromatic N) is 1. The largest absolute Gasteiger partial charge is 0.374 e. The molecule has 3 fully saturated rings. The van der Waals surface area contributed by atoms with Gasteiger partial charge in [0.25, 0.3) is 0 Å². The summed E-state index contributed by atoms with van der Waals surface area (Å²) in [5.74, 6) is 0.759. The number of amides is 1. The van der Waals surface area contributed by atoms with Gasteiger partial charge in [0.05, 0.1) is 18.8 Å². The van der Waals surface area contributed by atoms with Gasteiger partial charge in [-0.3, -0.25) is 4.79 Å². The molecule has 0 unspecified atom stereocenters. The van der Waals surface area contributed by atoms with Crippen molar-refractivity contribution in [1.29, 1.82) is 0 Å². The topological polar surface area (TPSA) is 29.5 Å². The predicted molar refractivity (Wildman–Crippen MR) is 70.3 cm³/mol. The molecule has 0 radical (unpaired) electrons. The first-order valence-corrected chi connectivity index (χ1v) is 7.78. The van der Waals surface area contributed by atoms with E-state index in [-0.39, 0.29) is 0 Å². The van der Waals surface area contributed by atoms with Gasteiger partial charge in [-0.2, -0.15) is 0 Å². The maximum atomic E-state index is 12.7. The van der Waals surface area contributed by atoms with Crippen molar-refractivity contribution in [1.82, 2.24) is 4.90 Å². The van der Waals surface area contributed by atoms with Crippen molar-refractivity contribution in [2.75, 3.05) is 13.2 Å². The molecule has 3 rings (SSSR count). The molecule has 0 N–H and O–H groups in total. The van der Waals surface area contributed by atoms with Gasteiger partial charge >= 0.3 is 0 Å². The molecule has 3 heteroatoms. The van der Waals surface area contributed by atoms with Crippen LogP contribution in [0.2, 0.25) is 0 Å². The van der Waals surface area contributed by atoms with Crippen LogP contribution < -0.4 is 0 Å². The highest BCUT2D eigenvalue weighted by Crippen LogP contribution is 2.32. The molecule has 0 bridgehead atoms. The van der Waals surface area contributed by atoms with E-state index >= 15 is 0 Å². The van der Waals surface area contributed by atoms with Crippen LogP contribution >= 0.6 is 0 Å². The zero-order valence-corrected chi connectivity index (χ0v) is 11.3. The summed E-state index contributed by atoms with van der Waals surface area (Å²) in [6, 6.07) is 0.391. The molecule has 1 heterocycles. The SMILES string of the molecule is O=C(C1CCCCC1)N1CCO[C@@H]2CCCC[C@@H]21. The van der Waals surface area contributed by atoms with Gasteiger partial charge in [-0.1, -0.05) is 32.1 Å². The van der Waals surface area contributed by atoms with Gasteiger partial charge in [0.2, 0.25) is 5.91 Å². The third-order valence-corrected chi connectivity index (χ3v) is 4.97. The fraction of sp³-hybridized carbons (Fsp3) is 0.933. The standard InChI is InChI=1S/C15H25NO2/c17-15(12-6-2-1-3-7-12)16-10-11-18-14-9-5-4-8-13(14)16/h12-14H,1-11H2/t13-,14+/m0/s1. The number of morpholine rings is 1. The lowest BCUT2D eigenvalue weighted by Gasteiger charge is -2.45. The maximum Gasteiger partial charge on any atom is 0.226 e.